The Morgan fingerprint density at radius 3 is 2.79 bits per heavy atom. The SMILES string of the molecule is N=C(N)CC(=O)OCc1cccc(N2CCN(c3cccnc3)C(=O)C2)c1F. The highest BCUT2D eigenvalue weighted by Crippen LogP contribution is 2.26. The summed E-state index contributed by atoms with van der Waals surface area (Å²) in [6.07, 6.45) is 2.91. The van der Waals surface area contributed by atoms with Crippen LogP contribution in [0, 0.1) is 11.2 Å². The van der Waals surface area contributed by atoms with Crippen LogP contribution in [0.5, 0.6) is 0 Å². The van der Waals surface area contributed by atoms with Gasteiger partial charge in [0.25, 0.3) is 0 Å². The van der Waals surface area contributed by atoms with Gasteiger partial charge in [0.15, 0.2) is 5.82 Å². The summed E-state index contributed by atoms with van der Waals surface area (Å²) in [7, 11) is 0. The molecule has 0 unspecified atom stereocenters. The lowest BCUT2D eigenvalue weighted by Gasteiger charge is -2.35. The number of carbonyl (C=O) groups is 2. The molecule has 0 aliphatic carbocycles. The van der Waals surface area contributed by atoms with Crippen LogP contribution in [0.25, 0.3) is 0 Å². The van der Waals surface area contributed by atoms with Gasteiger partial charge in [-0.05, 0) is 18.2 Å². The number of nitrogens with two attached hydrogens (primary N) is 1. The van der Waals surface area contributed by atoms with E-state index in [9.17, 15) is 14.0 Å². The predicted octanol–water partition coefficient (Wildman–Crippen LogP) is 1.44. The number of halogens is 1. The van der Waals surface area contributed by atoms with Crippen LogP contribution in [-0.2, 0) is 20.9 Å². The second kappa shape index (κ2) is 8.47. The van der Waals surface area contributed by atoms with Crippen molar-refractivity contribution in [3.8, 4) is 0 Å². The fourth-order valence-electron chi connectivity index (χ4n) is 2.95. The molecule has 146 valence electrons. The maximum absolute atomic E-state index is 14.9. The number of amidine groups is 1. The minimum absolute atomic E-state index is 0.0272. The average Bonchev–Trinajstić information content (AvgIpc) is 2.67. The number of piperazine rings is 1. The highest BCUT2D eigenvalue weighted by molar-refractivity contribution is 5.97. The molecule has 28 heavy (non-hydrogen) atoms. The summed E-state index contributed by atoms with van der Waals surface area (Å²) >= 11 is 0. The fraction of sp³-hybridized carbons (Fsp3) is 0.263. The predicted molar refractivity (Wildman–Crippen MR) is 102 cm³/mol. The Bertz CT molecular complexity index is 890. The van der Waals surface area contributed by atoms with Crippen molar-refractivity contribution in [2.45, 2.75) is 13.0 Å². The number of anilines is 2. The van der Waals surface area contributed by atoms with Gasteiger partial charge in [-0.1, -0.05) is 12.1 Å². The summed E-state index contributed by atoms with van der Waals surface area (Å²) in [6.45, 7) is 0.613. The molecule has 1 aromatic carbocycles. The number of amides is 1. The Hall–Kier alpha value is -3.49. The van der Waals surface area contributed by atoms with E-state index in [0.29, 0.717) is 18.8 Å². The first kappa shape index (κ1) is 19.3. The van der Waals surface area contributed by atoms with E-state index in [2.05, 4.69) is 4.98 Å². The number of nitrogens with zero attached hydrogens (tertiary/aromatic N) is 3. The monoisotopic (exact) mass is 385 g/mol. The Morgan fingerprint density at radius 2 is 2.11 bits per heavy atom. The largest absolute Gasteiger partial charge is 0.460 e. The smallest absolute Gasteiger partial charge is 0.313 e. The number of nitrogens with one attached hydrogen (secondary N) is 1. The van der Waals surface area contributed by atoms with Crippen LogP contribution in [0.2, 0.25) is 0 Å². The molecule has 2 heterocycles. The van der Waals surface area contributed by atoms with Crippen LogP contribution < -0.4 is 15.5 Å². The zero-order valence-corrected chi connectivity index (χ0v) is 15.1. The quantitative estimate of drug-likeness (QED) is 0.442. The molecule has 1 aliphatic heterocycles. The van der Waals surface area contributed by atoms with E-state index in [-0.39, 0.29) is 42.6 Å². The zero-order chi connectivity index (χ0) is 20.1. The number of aromatic nitrogens is 1. The normalized spacial score (nSPS) is 14.1. The highest BCUT2D eigenvalue weighted by atomic mass is 19.1. The summed E-state index contributed by atoms with van der Waals surface area (Å²) in [5.74, 6) is -1.71. The van der Waals surface area contributed by atoms with Gasteiger partial charge in [-0.3, -0.25) is 20.0 Å². The molecule has 0 atom stereocenters. The van der Waals surface area contributed by atoms with Crippen molar-refractivity contribution in [2.75, 3.05) is 29.4 Å². The van der Waals surface area contributed by atoms with Crippen LogP contribution in [-0.4, -0.2) is 42.3 Å². The summed E-state index contributed by atoms with van der Waals surface area (Å²) in [5.41, 5.74) is 6.32. The molecule has 2 aromatic rings. The molecule has 1 aromatic heterocycles. The Balaban J connectivity index is 1.68. The zero-order valence-electron chi connectivity index (χ0n) is 15.1. The van der Waals surface area contributed by atoms with E-state index in [1.807, 2.05) is 0 Å². The van der Waals surface area contributed by atoms with Gasteiger partial charge >= 0.3 is 5.97 Å². The van der Waals surface area contributed by atoms with Crippen molar-refractivity contribution in [2.24, 2.45) is 5.73 Å². The lowest BCUT2D eigenvalue weighted by molar-refractivity contribution is -0.143. The number of hydrogen-bond acceptors (Lipinski definition) is 6. The maximum Gasteiger partial charge on any atom is 0.313 e. The second-order valence-electron chi connectivity index (χ2n) is 6.29. The molecule has 1 aliphatic rings. The first-order valence-electron chi connectivity index (χ1n) is 8.67. The summed E-state index contributed by atoms with van der Waals surface area (Å²) in [5, 5.41) is 7.07. The van der Waals surface area contributed by atoms with E-state index < -0.39 is 11.8 Å². The van der Waals surface area contributed by atoms with E-state index in [4.69, 9.17) is 15.9 Å². The minimum atomic E-state index is -0.697. The molecular weight excluding hydrogens is 365 g/mol. The van der Waals surface area contributed by atoms with Crippen molar-refractivity contribution in [1.82, 2.24) is 4.98 Å². The van der Waals surface area contributed by atoms with E-state index in [1.165, 1.54) is 6.07 Å². The second-order valence-corrected chi connectivity index (χ2v) is 6.29. The van der Waals surface area contributed by atoms with Crippen LogP contribution in [0.3, 0.4) is 0 Å². The number of hydrogen-bond donors (Lipinski definition) is 2. The van der Waals surface area contributed by atoms with Gasteiger partial charge in [0.2, 0.25) is 5.91 Å². The number of rotatable bonds is 6. The van der Waals surface area contributed by atoms with E-state index in [0.717, 1.165) is 0 Å². The number of ether oxygens (including phenoxy) is 1. The summed E-state index contributed by atoms with van der Waals surface area (Å²) in [6, 6.07) is 8.30. The molecule has 0 saturated carbocycles. The minimum Gasteiger partial charge on any atom is -0.460 e. The van der Waals surface area contributed by atoms with Gasteiger partial charge in [-0.15, -0.1) is 0 Å². The lowest BCUT2D eigenvalue weighted by Crippen LogP contribution is -2.51. The number of benzene rings is 1. The van der Waals surface area contributed by atoms with Gasteiger partial charge in [-0.25, -0.2) is 4.39 Å². The molecular formula is C19H20FN5O3. The third kappa shape index (κ3) is 4.43. The van der Waals surface area contributed by atoms with Gasteiger partial charge < -0.3 is 20.3 Å². The molecule has 1 amide bonds. The molecule has 9 heteroatoms. The number of carbonyl (C=O) groups excluding carboxylic acids is 2. The van der Waals surface area contributed by atoms with Crippen LogP contribution in [0.4, 0.5) is 15.8 Å². The molecule has 0 spiro atoms. The molecule has 0 bridgehead atoms. The Morgan fingerprint density at radius 1 is 1.29 bits per heavy atom. The topological polar surface area (TPSA) is 113 Å². The van der Waals surface area contributed by atoms with Gasteiger partial charge in [0.05, 0.1) is 24.1 Å². The number of pyridine rings is 1. The van der Waals surface area contributed by atoms with Gasteiger partial charge in [0.1, 0.15) is 18.9 Å². The number of esters is 1. The fourth-order valence-corrected chi connectivity index (χ4v) is 2.95. The molecule has 3 N–H and O–H groups in total. The molecule has 8 nitrogen and oxygen atoms in total. The summed E-state index contributed by atoms with van der Waals surface area (Å²) < 4.78 is 19.8. The third-order valence-corrected chi connectivity index (χ3v) is 4.30. The van der Waals surface area contributed by atoms with E-state index in [1.54, 1.807) is 46.5 Å². The Labute approximate surface area is 161 Å². The molecule has 1 saturated heterocycles. The lowest BCUT2D eigenvalue weighted by atomic mass is 10.1. The molecule has 1 fully saturated rings. The first-order chi connectivity index (χ1) is 13.5. The van der Waals surface area contributed by atoms with Crippen molar-refractivity contribution in [3.63, 3.8) is 0 Å². The highest BCUT2D eigenvalue weighted by Gasteiger charge is 2.27. The van der Waals surface area contributed by atoms with Crippen molar-refractivity contribution in [1.29, 1.82) is 5.41 Å². The first-order valence-corrected chi connectivity index (χ1v) is 8.67. The van der Waals surface area contributed by atoms with Crippen LogP contribution >= 0.6 is 0 Å². The van der Waals surface area contributed by atoms with Crippen LogP contribution in [0.1, 0.15) is 12.0 Å². The van der Waals surface area contributed by atoms with Crippen LogP contribution in [0.15, 0.2) is 42.7 Å². The Kier molecular flexibility index (Phi) is 5.83. The standard InChI is InChI=1S/C19H20FN5O3/c20-19-13(12-28-18(27)9-16(21)22)3-1-5-15(19)24-7-8-25(17(26)11-24)14-4-2-6-23-10-14/h1-6,10H,7-9,11-12H2,(H3,21,22). The van der Waals surface area contributed by atoms with E-state index >= 15 is 0 Å². The van der Waals surface area contributed by atoms with Gasteiger partial charge in [-0.2, -0.15) is 0 Å². The van der Waals surface area contributed by atoms with Crippen molar-refractivity contribution in [3.05, 3.63) is 54.1 Å². The van der Waals surface area contributed by atoms with Gasteiger partial charge in [0, 0.05) is 24.8 Å². The average molecular weight is 385 g/mol. The molecule has 0 radical (unpaired) electrons. The van der Waals surface area contributed by atoms with Crippen molar-refractivity contribution >= 4 is 29.1 Å². The summed E-state index contributed by atoms with van der Waals surface area (Å²) in [4.78, 5) is 31.3. The third-order valence-electron chi connectivity index (χ3n) is 4.30. The van der Waals surface area contributed by atoms with Crippen molar-refractivity contribution < 1.29 is 18.7 Å². The maximum atomic E-state index is 14.9. The molecule has 3 rings (SSSR count).